The van der Waals surface area contributed by atoms with E-state index in [2.05, 4.69) is 75.4 Å². The second-order valence-electron chi connectivity index (χ2n) is 7.48. The van der Waals surface area contributed by atoms with E-state index in [0.717, 1.165) is 41.0 Å². The molecule has 6 nitrogen and oxygen atoms in total. The summed E-state index contributed by atoms with van der Waals surface area (Å²) in [6, 6.07) is 20.6. The number of thiazole rings is 1. The number of nitrogens with zero attached hydrogens (tertiary/aromatic N) is 5. The van der Waals surface area contributed by atoms with Gasteiger partial charge in [-0.05, 0) is 77.5 Å². The van der Waals surface area contributed by atoms with Gasteiger partial charge in [0.2, 0.25) is 0 Å². The molecule has 0 unspecified atom stereocenters. The second kappa shape index (κ2) is 10.2. The first-order valence-electron chi connectivity index (χ1n) is 10.4. The molecule has 0 saturated carbocycles. The van der Waals surface area contributed by atoms with Gasteiger partial charge in [0.1, 0.15) is 17.6 Å². The Morgan fingerprint density at radius 1 is 0.875 bits per heavy atom. The molecule has 0 aliphatic rings. The number of hydrogen-bond acceptors (Lipinski definition) is 5. The van der Waals surface area contributed by atoms with Crippen LogP contribution < -0.4 is 18.8 Å². The highest BCUT2D eigenvalue weighted by molar-refractivity contribution is 7.12. The van der Waals surface area contributed by atoms with Crippen LogP contribution in [0.25, 0.3) is 0 Å². The van der Waals surface area contributed by atoms with Crippen LogP contribution in [0.2, 0.25) is 0 Å². The lowest BCUT2D eigenvalue weighted by atomic mass is 10.2. The SMILES string of the molecule is COc1ccc(N(CC[n+]2ccc(C)cc2)c2ccc(N=Nc3scc[n+]3C)cc2)cc1. The molecule has 0 atom stereocenters. The number of rotatable bonds is 8. The molecule has 0 amide bonds. The molecule has 0 N–H and O–H groups in total. The highest BCUT2D eigenvalue weighted by atomic mass is 32.1. The average molecular weight is 446 g/mol. The minimum absolute atomic E-state index is 0.824. The Bertz CT molecular complexity index is 1170. The lowest BCUT2D eigenvalue weighted by Gasteiger charge is -2.24. The minimum Gasteiger partial charge on any atom is -0.497 e. The van der Waals surface area contributed by atoms with E-state index < -0.39 is 0 Å². The van der Waals surface area contributed by atoms with E-state index >= 15 is 0 Å². The Morgan fingerprint density at radius 3 is 2.12 bits per heavy atom. The summed E-state index contributed by atoms with van der Waals surface area (Å²) in [5, 5.41) is 11.6. The van der Waals surface area contributed by atoms with Gasteiger partial charge in [-0.1, -0.05) is 0 Å². The van der Waals surface area contributed by atoms with E-state index in [1.165, 1.54) is 5.56 Å². The molecule has 7 heteroatoms. The van der Waals surface area contributed by atoms with Gasteiger partial charge in [0, 0.05) is 28.9 Å². The fourth-order valence-corrected chi connectivity index (χ4v) is 3.97. The first-order valence-corrected chi connectivity index (χ1v) is 11.3. The number of ether oxygens (including phenoxy) is 1. The Balaban J connectivity index is 1.55. The van der Waals surface area contributed by atoms with Crippen LogP contribution in [0.1, 0.15) is 5.56 Å². The molecule has 0 aliphatic heterocycles. The predicted molar refractivity (Wildman–Crippen MR) is 127 cm³/mol. The molecule has 2 aromatic heterocycles. The second-order valence-corrected chi connectivity index (χ2v) is 8.35. The first-order chi connectivity index (χ1) is 15.6. The fraction of sp³-hybridized carbons (Fsp3) is 0.200. The quantitative estimate of drug-likeness (QED) is 0.268. The third kappa shape index (κ3) is 5.36. The summed E-state index contributed by atoms with van der Waals surface area (Å²) in [6.45, 7) is 3.79. The number of pyridine rings is 1. The summed E-state index contributed by atoms with van der Waals surface area (Å²) in [5.74, 6) is 0.846. The maximum atomic E-state index is 5.33. The summed E-state index contributed by atoms with van der Waals surface area (Å²) in [5.41, 5.74) is 4.29. The highest BCUT2D eigenvalue weighted by Gasteiger charge is 2.13. The summed E-state index contributed by atoms with van der Waals surface area (Å²) in [6.07, 6.45) is 6.21. The van der Waals surface area contributed by atoms with Crippen LogP contribution in [0.5, 0.6) is 5.75 Å². The number of hydrogen-bond donors (Lipinski definition) is 0. The fourth-order valence-electron chi connectivity index (χ4n) is 3.29. The van der Waals surface area contributed by atoms with Crippen molar-refractivity contribution in [1.82, 2.24) is 0 Å². The molecule has 4 aromatic rings. The normalized spacial score (nSPS) is 11.1. The lowest BCUT2D eigenvalue weighted by molar-refractivity contribution is -0.694. The van der Waals surface area contributed by atoms with Gasteiger partial charge in [0.05, 0.1) is 25.8 Å². The van der Waals surface area contributed by atoms with Gasteiger partial charge < -0.3 is 9.64 Å². The van der Waals surface area contributed by atoms with Crippen molar-refractivity contribution < 1.29 is 13.9 Å². The zero-order valence-electron chi connectivity index (χ0n) is 18.5. The van der Waals surface area contributed by atoms with Crippen LogP contribution in [0, 0.1) is 6.92 Å². The third-order valence-electron chi connectivity index (χ3n) is 5.20. The Labute approximate surface area is 192 Å². The monoisotopic (exact) mass is 445 g/mol. The van der Waals surface area contributed by atoms with Crippen molar-refractivity contribution >= 4 is 33.5 Å². The summed E-state index contributed by atoms with van der Waals surface area (Å²) in [7, 11) is 3.65. The van der Waals surface area contributed by atoms with Crippen molar-refractivity contribution in [2.24, 2.45) is 17.3 Å². The molecular formula is C25H27N5OS+2. The molecule has 0 aliphatic carbocycles. The molecule has 2 heterocycles. The molecular weight excluding hydrogens is 418 g/mol. The van der Waals surface area contributed by atoms with Crippen molar-refractivity contribution in [2.45, 2.75) is 13.5 Å². The van der Waals surface area contributed by atoms with E-state index in [4.69, 9.17) is 4.74 Å². The van der Waals surface area contributed by atoms with Crippen LogP contribution in [-0.2, 0) is 13.6 Å². The number of azo groups is 1. The maximum Gasteiger partial charge on any atom is 0.408 e. The van der Waals surface area contributed by atoms with Crippen molar-refractivity contribution in [2.75, 3.05) is 18.6 Å². The van der Waals surface area contributed by atoms with E-state index in [1.807, 2.05) is 47.5 Å². The van der Waals surface area contributed by atoms with Crippen molar-refractivity contribution in [1.29, 1.82) is 0 Å². The smallest absolute Gasteiger partial charge is 0.408 e. The van der Waals surface area contributed by atoms with Crippen LogP contribution in [-0.4, -0.2) is 13.7 Å². The largest absolute Gasteiger partial charge is 0.497 e. The van der Waals surface area contributed by atoms with Crippen LogP contribution in [0.15, 0.2) is 94.9 Å². The zero-order chi connectivity index (χ0) is 22.3. The summed E-state index contributed by atoms with van der Waals surface area (Å²) >= 11 is 1.56. The van der Waals surface area contributed by atoms with E-state index in [0.29, 0.717) is 0 Å². The van der Waals surface area contributed by atoms with E-state index in [-0.39, 0.29) is 0 Å². The molecule has 0 fully saturated rings. The van der Waals surface area contributed by atoms with Crippen LogP contribution >= 0.6 is 11.3 Å². The van der Waals surface area contributed by atoms with Gasteiger partial charge in [-0.25, -0.2) is 9.13 Å². The summed E-state index contributed by atoms with van der Waals surface area (Å²) < 4.78 is 9.49. The average Bonchev–Trinajstić information content (AvgIpc) is 3.25. The number of benzene rings is 2. The molecule has 0 bridgehead atoms. The number of methoxy groups -OCH3 is 1. The Hall–Kier alpha value is -3.58. The molecule has 32 heavy (non-hydrogen) atoms. The van der Waals surface area contributed by atoms with Crippen molar-refractivity contribution in [3.8, 4) is 5.75 Å². The topological polar surface area (TPSA) is 45.0 Å². The van der Waals surface area contributed by atoms with Crippen LogP contribution in [0.3, 0.4) is 0 Å². The minimum atomic E-state index is 0.824. The maximum absolute atomic E-state index is 5.33. The van der Waals surface area contributed by atoms with Gasteiger partial charge in [-0.3, -0.25) is 0 Å². The molecule has 0 radical (unpaired) electrons. The van der Waals surface area contributed by atoms with Gasteiger partial charge >= 0.3 is 5.13 Å². The number of anilines is 2. The van der Waals surface area contributed by atoms with E-state index in [9.17, 15) is 0 Å². The van der Waals surface area contributed by atoms with Crippen molar-refractivity contribution in [3.05, 3.63) is 90.2 Å². The van der Waals surface area contributed by atoms with Crippen LogP contribution in [0.4, 0.5) is 22.2 Å². The highest BCUT2D eigenvalue weighted by Crippen LogP contribution is 2.29. The summed E-state index contributed by atoms with van der Waals surface area (Å²) in [4.78, 5) is 2.30. The van der Waals surface area contributed by atoms with Crippen molar-refractivity contribution in [3.63, 3.8) is 0 Å². The molecule has 4 rings (SSSR count). The predicted octanol–water partition coefficient (Wildman–Crippen LogP) is 5.43. The molecule has 0 spiro atoms. The number of aromatic nitrogens is 2. The molecule has 0 saturated heterocycles. The first kappa shape index (κ1) is 21.6. The van der Waals surface area contributed by atoms with Gasteiger partial charge in [0.15, 0.2) is 18.9 Å². The van der Waals surface area contributed by atoms with E-state index in [1.54, 1.807) is 18.4 Å². The standard InChI is InChI=1S/C25H27N5OS/c1-20-12-14-29(15-13-20)16-17-30(23-8-10-24(31-3)11-9-23)22-6-4-21(5-7-22)26-27-25-28(2)18-19-32-25/h4-15,18-19H,16-17H2,1-3H3/q+2. The van der Waals surface area contributed by atoms with Gasteiger partial charge in [-0.15, -0.1) is 0 Å². The molecule has 162 valence electrons. The third-order valence-corrected chi connectivity index (χ3v) is 6.03. The Kier molecular flexibility index (Phi) is 6.87. The Morgan fingerprint density at radius 2 is 1.53 bits per heavy atom. The van der Waals surface area contributed by atoms with Gasteiger partial charge in [-0.2, -0.15) is 0 Å². The lowest BCUT2D eigenvalue weighted by Crippen LogP contribution is -2.38. The molecule has 2 aromatic carbocycles. The zero-order valence-corrected chi connectivity index (χ0v) is 19.4. The van der Waals surface area contributed by atoms with Gasteiger partial charge in [0.25, 0.3) is 0 Å². The number of aryl methyl sites for hydroxylation is 2.